The van der Waals surface area contributed by atoms with E-state index in [1.807, 2.05) is 12.1 Å². The van der Waals surface area contributed by atoms with Crippen LogP contribution in [0.15, 0.2) is 59.3 Å². The zero-order valence-electron chi connectivity index (χ0n) is 16.1. The quantitative estimate of drug-likeness (QED) is 0.553. The Labute approximate surface area is 164 Å². The van der Waals surface area contributed by atoms with E-state index >= 15 is 0 Å². The molecule has 28 heavy (non-hydrogen) atoms. The van der Waals surface area contributed by atoms with Crippen LogP contribution in [-0.2, 0) is 6.54 Å². The highest BCUT2D eigenvalue weighted by molar-refractivity contribution is 5.83. The predicted molar refractivity (Wildman–Crippen MR) is 110 cm³/mol. The van der Waals surface area contributed by atoms with E-state index in [-0.39, 0.29) is 0 Å². The van der Waals surface area contributed by atoms with Gasteiger partial charge in [-0.25, -0.2) is 0 Å². The van der Waals surface area contributed by atoms with Crippen molar-refractivity contribution in [1.82, 2.24) is 20.0 Å². The minimum atomic E-state index is 0.609. The number of aryl methyl sites for hydroxylation is 1. The number of nitrogens with zero attached hydrogens (tertiary/aromatic N) is 3. The van der Waals surface area contributed by atoms with Gasteiger partial charge >= 0.3 is 0 Å². The Morgan fingerprint density at radius 3 is 2.68 bits per heavy atom. The molecule has 2 aromatic carbocycles. The zero-order valence-corrected chi connectivity index (χ0v) is 16.1. The van der Waals surface area contributed by atoms with Gasteiger partial charge in [-0.1, -0.05) is 53.2 Å². The van der Waals surface area contributed by atoms with Gasteiger partial charge < -0.3 is 9.51 Å². The van der Waals surface area contributed by atoms with E-state index in [2.05, 4.69) is 69.5 Å². The average molecular weight is 372 g/mol. The van der Waals surface area contributed by atoms with E-state index in [1.54, 1.807) is 0 Å². The molecular weight excluding hydrogens is 348 g/mol. The fraction of sp³-hybridized carbons (Fsp3) is 0.304. The van der Waals surface area contributed by atoms with Gasteiger partial charge in [0, 0.05) is 22.7 Å². The fourth-order valence-corrected chi connectivity index (χ4v) is 4.16. The number of hydrogen-bond acceptors (Lipinski definition) is 4. The summed E-state index contributed by atoms with van der Waals surface area (Å²) in [5, 5.41) is 5.52. The number of aromatic amines is 1. The summed E-state index contributed by atoms with van der Waals surface area (Å²) in [5.41, 5.74) is 4.91. The van der Waals surface area contributed by atoms with Crippen LogP contribution in [0.25, 0.3) is 22.3 Å². The van der Waals surface area contributed by atoms with Crippen LogP contribution in [-0.4, -0.2) is 33.1 Å². The molecule has 3 heterocycles. The predicted octanol–water partition coefficient (Wildman–Crippen LogP) is 4.91. The monoisotopic (exact) mass is 372 g/mol. The van der Waals surface area contributed by atoms with Crippen LogP contribution in [0.5, 0.6) is 0 Å². The van der Waals surface area contributed by atoms with Crippen LogP contribution >= 0.6 is 0 Å². The number of aromatic nitrogens is 3. The highest BCUT2D eigenvalue weighted by Gasteiger charge is 2.24. The van der Waals surface area contributed by atoms with Gasteiger partial charge in [0.2, 0.25) is 11.7 Å². The number of benzene rings is 2. The van der Waals surface area contributed by atoms with E-state index in [9.17, 15) is 0 Å². The third-order valence-corrected chi connectivity index (χ3v) is 5.79. The van der Waals surface area contributed by atoms with Crippen molar-refractivity contribution in [3.63, 3.8) is 0 Å². The zero-order chi connectivity index (χ0) is 18.9. The van der Waals surface area contributed by atoms with Gasteiger partial charge in [0.25, 0.3) is 0 Å². The molecule has 0 atom stereocenters. The average Bonchev–Trinajstić information content (AvgIpc) is 3.36. The Balaban J connectivity index is 1.22. The SMILES string of the molecule is Cc1ccc(-c2noc(CN3CCC(c4c[nH]c5ccccc45)CC3)n2)cc1. The second-order valence-corrected chi connectivity index (χ2v) is 7.72. The van der Waals surface area contributed by atoms with Gasteiger partial charge in [-0.15, -0.1) is 0 Å². The molecule has 5 heteroatoms. The Morgan fingerprint density at radius 1 is 1.07 bits per heavy atom. The van der Waals surface area contributed by atoms with Gasteiger partial charge in [0.05, 0.1) is 6.54 Å². The van der Waals surface area contributed by atoms with Crippen molar-refractivity contribution in [2.75, 3.05) is 13.1 Å². The molecule has 1 aliphatic rings. The van der Waals surface area contributed by atoms with Crippen molar-refractivity contribution in [2.45, 2.75) is 32.2 Å². The first-order chi connectivity index (χ1) is 13.8. The molecule has 2 aromatic heterocycles. The minimum Gasteiger partial charge on any atom is -0.361 e. The number of likely N-dealkylation sites (tertiary alicyclic amines) is 1. The number of nitrogens with one attached hydrogen (secondary N) is 1. The topological polar surface area (TPSA) is 58.0 Å². The molecule has 5 rings (SSSR count). The lowest BCUT2D eigenvalue weighted by Crippen LogP contribution is -2.32. The molecule has 0 aliphatic carbocycles. The second kappa shape index (κ2) is 7.24. The molecule has 1 fully saturated rings. The molecule has 0 amide bonds. The Hall–Kier alpha value is -2.92. The summed E-state index contributed by atoms with van der Waals surface area (Å²) in [7, 11) is 0. The standard InChI is InChI=1S/C23H24N4O/c1-16-6-8-18(9-7-16)23-25-22(28-26-23)15-27-12-10-17(11-13-27)20-14-24-21-5-3-2-4-19(20)21/h2-9,14,17,24H,10-13,15H2,1H3. The summed E-state index contributed by atoms with van der Waals surface area (Å²) in [6.07, 6.45) is 4.50. The number of piperidine rings is 1. The number of rotatable bonds is 4. The largest absolute Gasteiger partial charge is 0.361 e. The molecule has 5 nitrogen and oxygen atoms in total. The number of para-hydroxylation sites is 1. The molecule has 0 spiro atoms. The normalized spacial score (nSPS) is 16.0. The summed E-state index contributed by atoms with van der Waals surface area (Å²) in [6.45, 7) is 4.89. The third kappa shape index (κ3) is 3.34. The maximum atomic E-state index is 5.50. The Bertz CT molecular complexity index is 1070. The van der Waals surface area contributed by atoms with E-state index in [0.29, 0.717) is 17.6 Å². The molecule has 0 saturated carbocycles. The van der Waals surface area contributed by atoms with Crippen molar-refractivity contribution in [3.05, 3.63) is 71.7 Å². The van der Waals surface area contributed by atoms with Gasteiger partial charge in [0.15, 0.2) is 0 Å². The first-order valence-corrected chi connectivity index (χ1v) is 9.94. The molecule has 1 saturated heterocycles. The third-order valence-electron chi connectivity index (χ3n) is 5.79. The molecule has 1 N–H and O–H groups in total. The summed E-state index contributed by atoms with van der Waals surface area (Å²) in [5.74, 6) is 1.98. The molecule has 4 aromatic rings. The van der Waals surface area contributed by atoms with Crippen LogP contribution in [0.3, 0.4) is 0 Å². The van der Waals surface area contributed by atoms with E-state index < -0.39 is 0 Å². The summed E-state index contributed by atoms with van der Waals surface area (Å²) < 4.78 is 5.50. The number of H-pyrrole nitrogens is 1. The van der Waals surface area contributed by atoms with E-state index in [0.717, 1.165) is 38.0 Å². The lowest BCUT2D eigenvalue weighted by Gasteiger charge is -2.30. The van der Waals surface area contributed by atoms with Gasteiger partial charge in [-0.05, 0) is 50.4 Å². The molecular formula is C23H24N4O. The van der Waals surface area contributed by atoms with Crippen LogP contribution in [0.2, 0.25) is 0 Å². The highest BCUT2D eigenvalue weighted by Crippen LogP contribution is 2.33. The summed E-state index contributed by atoms with van der Waals surface area (Å²) in [4.78, 5) is 10.4. The van der Waals surface area contributed by atoms with Crippen molar-refractivity contribution in [2.24, 2.45) is 0 Å². The van der Waals surface area contributed by atoms with E-state index in [1.165, 1.54) is 22.0 Å². The van der Waals surface area contributed by atoms with Crippen molar-refractivity contribution < 1.29 is 4.52 Å². The number of fused-ring (bicyclic) bond motifs is 1. The first-order valence-electron chi connectivity index (χ1n) is 9.94. The fourth-order valence-electron chi connectivity index (χ4n) is 4.16. The second-order valence-electron chi connectivity index (χ2n) is 7.72. The first kappa shape index (κ1) is 17.2. The summed E-state index contributed by atoms with van der Waals surface area (Å²) >= 11 is 0. The van der Waals surface area contributed by atoms with Gasteiger partial charge in [-0.3, -0.25) is 4.90 Å². The maximum absolute atomic E-state index is 5.50. The maximum Gasteiger partial charge on any atom is 0.241 e. The lowest BCUT2D eigenvalue weighted by molar-refractivity contribution is 0.181. The van der Waals surface area contributed by atoms with Crippen LogP contribution in [0.4, 0.5) is 0 Å². The Morgan fingerprint density at radius 2 is 1.86 bits per heavy atom. The van der Waals surface area contributed by atoms with Crippen LogP contribution < -0.4 is 0 Å². The van der Waals surface area contributed by atoms with Gasteiger partial charge in [0.1, 0.15) is 0 Å². The van der Waals surface area contributed by atoms with Crippen molar-refractivity contribution in [3.8, 4) is 11.4 Å². The molecule has 0 unspecified atom stereocenters. The van der Waals surface area contributed by atoms with Gasteiger partial charge in [-0.2, -0.15) is 4.98 Å². The van der Waals surface area contributed by atoms with E-state index in [4.69, 9.17) is 4.52 Å². The van der Waals surface area contributed by atoms with Crippen molar-refractivity contribution >= 4 is 10.9 Å². The van der Waals surface area contributed by atoms with Crippen molar-refractivity contribution in [1.29, 1.82) is 0 Å². The highest BCUT2D eigenvalue weighted by atomic mass is 16.5. The minimum absolute atomic E-state index is 0.609. The van der Waals surface area contributed by atoms with Crippen LogP contribution in [0.1, 0.15) is 35.8 Å². The summed E-state index contributed by atoms with van der Waals surface area (Å²) in [6, 6.07) is 16.8. The molecule has 0 bridgehead atoms. The Kier molecular flexibility index (Phi) is 4.45. The molecule has 142 valence electrons. The molecule has 1 aliphatic heterocycles. The van der Waals surface area contributed by atoms with Crippen LogP contribution in [0, 0.1) is 6.92 Å². The molecule has 0 radical (unpaired) electrons. The lowest BCUT2D eigenvalue weighted by atomic mass is 9.89. The number of hydrogen-bond donors (Lipinski definition) is 1. The smallest absolute Gasteiger partial charge is 0.241 e.